The number of carbonyl (C=O) groups excluding carboxylic acids is 2. The second-order valence-corrected chi connectivity index (χ2v) is 5.67. The van der Waals surface area contributed by atoms with E-state index in [9.17, 15) is 14.0 Å². The van der Waals surface area contributed by atoms with Crippen molar-refractivity contribution in [1.82, 2.24) is 0 Å². The van der Waals surface area contributed by atoms with E-state index in [-0.39, 0.29) is 29.8 Å². The molecule has 0 aliphatic carbocycles. The molecule has 128 valence electrons. The van der Waals surface area contributed by atoms with Gasteiger partial charge in [0.1, 0.15) is 5.82 Å². The van der Waals surface area contributed by atoms with Crippen molar-refractivity contribution in [2.24, 2.45) is 0 Å². The highest BCUT2D eigenvalue weighted by Crippen LogP contribution is 2.23. The molecule has 0 fully saturated rings. The first kappa shape index (κ1) is 18.4. The highest BCUT2D eigenvalue weighted by atomic mass is 35.5. The van der Waals surface area contributed by atoms with Gasteiger partial charge in [-0.3, -0.25) is 9.59 Å². The zero-order chi connectivity index (χ0) is 18.4. The minimum atomic E-state index is -0.580. The van der Waals surface area contributed by atoms with Crippen molar-refractivity contribution in [3.63, 3.8) is 0 Å². The number of rotatable bonds is 5. The molecular formula is C18H15ClFN3O2. The molecule has 0 aliphatic heterocycles. The summed E-state index contributed by atoms with van der Waals surface area (Å²) in [6, 6.07) is 12.4. The van der Waals surface area contributed by atoms with Crippen molar-refractivity contribution in [3.05, 3.63) is 58.9 Å². The number of hydrogen-bond donors (Lipinski definition) is 1. The number of carbonyl (C=O) groups is 2. The summed E-state index contributed by atoms with van der Waals surface area (Å²) in [6.45, 7) is 1.46. The van der Waals surface area contributed by atoms with Crippen LogP contribution in [-0.4, -0.2) is 18.4 Å². The topological polar surface area (TPSA) is 73.2 Å². The van der Waals surface area contributed by atoms with E-state index < -0.39 is 5.82 Å². The summed E-state index contributed by atoms with van der Waals surface area (Å²) in [6.07, 6.45) is 0.0331. The monoisotopic (exact) mass is 359 g/mol. The van der Waals surface area contributed by atoms with Crippen molar-refractivity contribution >= 4 is 34.8 Å². The fraction of sp³-hybridized carbons (Fsp3) is 0.167. The first-order valence-corrected chi connectivity index (χ1v) is 7.81. The zero-order valence-corrected chi connectivity index (χ0v) is 14.2. The lowest BCUT2D eigenvalue weighted by Gasteiger charge is -2.21. The third-order valence-electron chi connectivity index (χ3n) is 3.43. The van der Waals surface area contributed by atoms with Gasteiger partial charge in [-0.1, -0.05) is 17.7 Å². The van der Waals surface area contributed by atoms with Crippen molar-refractivity contribution < 1.29 is 14.0 Å². The van der Waals surface area contributed by atoms with Crippen LogP contribution in [0, 0.1) is 17.1 Å². The predicted molar refractivity (Wildman–Crippen MR) is 93.8 cm³/mol. The van der Waals surface area contributed by atoms with Gasteiger partial charge in [0.2, 0.25) is 11.8 Å². The van der Waals surface area contributed by atoms with E-state index in [2.05, 4.69) is 5.32 Å². The number of nitrogens with one attached hydrogen (secondary N) is 1. The number of halogens is 2. The maximum absolute atomic E-state index is 13.3. The lowest BCUT2D eigenvalue weighted by molar-refractivity contribution is -0.117. The van der Waals surface area contributed by atoms with Crippen molar-refractivity contribution in [3.8, 4) is 6.07 Å². The Kier molecular flexibility index (Phi) is 6.09. The quantitative estimate of drug-likeness (QED) is 0.883. The van der Waals surface area contributed by atoms with Crippen molar-refractivity contribution in [1.29, 1.82) is 5.26 Å². The molecule has 0 saturated carbocycles. The van der Waals surface area contributed by atoms with Crippen LogP contribution in [-0.2, 0) is 9.59 Å². The summed E-state index contributed by atoms with van der Waals surface area (Å²) in [5.74, 6) is -1.18. The maximum Gasteiger partial charge on any atom is 0.226 e. The number of amides is 2. The molecule has 2 rings (SSSR count). The Morgan fingerprint density at radius 2 is 2.04 bits per heavy atom. The van der Waals surface area contributed by atoms with Gasteiger partial charge < -0.3 is 10.2 Å². The third kappa shape index (κ3) is 5.03. The first-order valence-electron chi connectivity index (χ1n) is 7.44. The van der Waals surface area contributed by atoms with Crippen LogP contribution in [0.4, 0.5) is 15.8 Å². The Balaban J connectivity index is 2.03. The molecule has 2 aromatic carbocycles. The molecule has 1 N–H and O–H groups in total. The fourth-order valence-electron chi connectivity index (χ4n) is 2.22. The summed E-state index contributed by atoms with van der Waals surface area (Å²) < 4.78 is 13.3. The SMILES string of the molecule is CC(=O)N(CCC(=O)Nc1cccc(C#N)c1)c1ccc(F)c(Cl)c1. The second-order valence-electron chi connectivity index (χ2n) is 5.26. The fourth-order valence-corrected chi connectivity index (χ4v) is 2.40. The summed E-state index contributed by atoms with van der Waals surface area (Å²) in [5, 5.41) is 11.4. The lowest BCUT2D eigenvalue weighted by Crippen LogP contribution is -2.32. The van der Waals surface area contributed by atoms with Crippen molar-refractivity contribution in [2.45, 2.75) is 13.3 Å². The Bertz CT molecular complexity index is 848. The molecule has 0 atom stereocenters. The second kappa shape index (κ2) is 8.27. The van der Waals surface area contributed by atoms with Gasteiger partial charge in [0.05, 0.1) is 16.7 Å². The molecule has 0 radical (unpaired) electrons. The molecule has 0 spiro atoms. The highest BCUT2D eigenvalue weighted by Gasteiger charge is 2.15. The third-order valence-corrected chi connectivity index (χ3v) is 3.72. The molecule has 25 heavy (non-hydrogen) atoms. The highest BCUT2D eigenvalue weighted by molar-refractivity contribution is 6.31. The summed E-state index contributed by atoms with van der Waals surface area (Å²) >= 11 is 5.74. The molecule has 0 aromatic heterocycles. The van der Waals surface area contributed by atoms with E-state index in [0.717, 1.165) is 0 Å². The van der Waals surface area contributed by atoms with Crippen LogP contribution in [0.25, 0.3) is 0 Å². The van der Waals surface area contributed by atoms with Gasteiger partial charge in [-0.05, 0) is 36.4 Å². The lowest BCUT2D eigenvalue weighted by atomic mass is 10.2. The van der Waals surface area contributed by atoms with Crippen molar-refractivity contribution in [2.75, 3.05) is 16.8 Å². The Labute approximate surface area is 149 Å². The molecule has 2 aromatic rings. The van der Waals surface area contributed by atoms with E-state index in [1.54, 1.807) is 24.3 Å². The number of hydrogen-bond acceptors (Lipinski definition) is 3. The minimum Gasteiger partial charge on any atom is -0.326 e. The van der Waals surface area contributed by atoms with Gasteiger partial charge in [0.15, 0.2) is 0 Å². The average molecular weight is 360 g/mol. The zero-order valence-electron chi connectivity index (χ0n) is 13.4. The average Bonchev–Trinajstić information content (AvgIpc) is 2.58. The summed E-state index contributed by atoms with van der Waals surface area (Å²) in [4.78, 5) is 25.2. The van der Waals surface area contributed by atoms with Gasteiger partial charge >= 0.3 is 0 Å². The molecule has 0 heterocycles. The van der Waals surface area contributed by atoms with Crippen LogP contribution in [0.2, 0.25) is 5.02 Å². The number of benzene rings is 2. The van der Waals surface area contributed by atoms with E-state index in [1.165, 1.54) is 30.0 Å². The summed E-state index contributed by atoms with van der Waals surface area (Å²) in [5.41, 5.74) is 1.35. The van der Waals surface area contributed by atoms with Crippen LogP contribution >= 0.6 is 11.6 Å². The smallest absolute Gasteiger partial charge is 0.226 e. The van der Waals surface area contributed by atoms with Crippen LogP contribution in [0.3, 0.4) is 0 Å². The Hall–Kier alpha value is -2.91. The van der Waals surface area contributed by atoms with Gasteiger partial charge in [0.25, 0.3) is 0 Å². The molecule has 0 aliphatic rings. The minimum absolute atomic E-state index is 0.0331. The van der Waals surface area contributed by atoms with Gasteiger partial charge in [-0.15, -0.1) is 0 Å². The van der Waals surface area contributed by atoms with E-state index in [1.807, 2.05) is 6.07 Å². The maximum atomic E-state index is 13.3. The van der Waals surface area contributed by atoms with E-state index in [0.29, 0.717) is 16.9 Å². The standard InChI is InChI=1S/C18H15ClFN3O2/c1-12(24)23(15-5-6-17(20)16(19)10-15)8-7-18(25)22-14-4-2-3-13(9-14)11-21/h2-6,9-10H,7-8H2,1H3,(H,22,25). The van der Waals surface area contributed by atoms with Crippen LogP contribution < -0.4 is 10.2 Å². The molecule has 0 unspecified atom stereocenters. The number of anilines is 2. The first-order chi connectivity index (χ1) is 11.9. The number of nitriles is 1. The molecule has 7 heteroatoms. The molecule has 0 saturated heterocycles. The Morgan fingerprint density at radius 1 is 1.28 bits per heavy atom. The van der Waals surface area contributed by atoms with Gasteiger partial charge in [-0.25, -0.2) is 4.39 Å². The van der Waals surface area contributed by atoms with Gasteiger partial charge in [0, 0.05) is 31.3 Å². The van der Waals surface area contributed by atoms with Crippen LogP contribution in [0.1, 0.15) is 18.9 Å². The van der Waals surface area contributed by atoms with E-state index >= 15 is 0 Å². The molecule has 5 nitrogen and oxygen atoms in total. The van der Waals surface area contributed by atoms with Crippen LogP contribution in [0.5, 0.6) is 0 Å². The molecular weight excluding hydrogens is 345 g/mol. The van der Waals surface area contributed by atoms with Crippen LogP contribution in [0.15, 0.2) is 42.5 Å². The molecule has 2 amide bonds. The normalized spacial score (nSPS) is 10.0. The number of nitrogens with zero attached hydrogens (tertiary/aromatic N) is 2. The summed E-state index contributed by atoms with van der Waals surface area (Å²) in [7, 11) is 0. The molecule has 0 bridgehead atoms. The van der Waals surface area contributed by atoms with Gasteiger partial charge in [-0.2, -0.15) is 5.26 Å². The predicted octanol–water partition coefficient (Wildman–Crippen LogP) is 3.73. The van der Waals surface area contributed by atoms with E-state index in [4.69, 9.17) is 16.9 Å². The largest absolute Gasteiger partial charge is 0.326 e. The Morgan fingerprint density at radius 3 is 2.68 bits per heavy atom.